The van der Waals surface area contributed by atoms with Crippen molar-refractivity contribution in [2.75, 3.05) is 0 Å². The van der Waals surface area contributed by atoms with Crippen molar-refractivity contribution < 1.29 is 14.4 Å². The number of pyridine rings is 1. The standard InChI is InChI=1S/C11H14N2O3/c1-11(2,3)10(15)13-16-9(14)8-5-4-6-12-7-8/h4-7H,1-3H3,(H,13,15). The second-order valence-corrected chi connectivity index (χ2v) is 4.31. The van der Waals surface area contributed by atoms with Gasteiger partial charge in [-0.3, -0.25) is 9.78 Å². The zero-order valence-electron chi connectivity index (χ0n) is 9.48. The van der Waals surface area contributed by atoms with Crippen LogP contribution in [0, 0.1) is 5.41 Å². The largest absolute Gasteiger partial charge is 0.364 e. The molecule has 0 atom stereocenters. The van der Waals surface area contributed by atoms with Crippen LogP contribution >= 0.6 is 0 Å². The Morgan fingerprint density at radius 2 is 2.06 bits per heavy atom. The van der Waals surface area contributed by atoms with Gasteiger partial charge in [-0.1, -0.05) is 20.8 Å². The normalized spacial score (nSPS) is 10.7. The molecule has 0 bridgehead atoms. The maximum atomic E-state index is 11.4. The van der Waals surface area contributed by atoms with Crippen molar-refractivity contribution in [3.8, 4) is 0 Å². The van der Waals surface area contributed by atoms with Crippen LogP contribution in [0.4, 0.5) is 0 Å². The number of nitrogens with zero attached hydrogens (tertiary/aromatic N) is 1. The van der Waals surface area contributed by atoms with E-state index in [1.165, 1.54) is 6.20 Å². The lowest BCUT2D eigenvalue weighted by atomic mass is 9.96. The number of hydroxylamine groups is 1. The van der Waals surface area contributed by atoms with Crippen LogP contribution in [0.5, 0.6) is 0 Å². The predicted molar refractivity (Wildman–Crippen MR) is 57.3 cm³/mol. The minimum absolute atomic E-state index is 0.289. The summed E-state index contributed by atoms with van der Waals surface area (Å²) in [6.45, 7) is 5.17. The van der Waals surface area contributed by atoms with Crippen molar-refractivity contribution in [1.82, 2.24) is 10.5 Å². The number of nitrogens with one attached hydrogen (secondary N) is 1. The lowest BCUT2D eigenvalue weighted by molar-refractivity contribution is -0.137. The smallest absolute Gasteiger partial charge is 0.335 e. The molecule has 0 saturated carbocycles. The molecule has 5 heteroatoms. The molecule has 0 fully saturated rings. The summed E-state index contributed by atoms with van der Waals surface area (Å²) in [6.07, 6.45) is 2.91. The van der Waals surface area contributed by atoms with Gasteiger partial charge in [0.05, 0.1) is 5.56 Å². The van der Waals surface area contributed by atoms with E-state index in [2.05, 4.69) is 15.3 Å². The third-order valence-corrected chi connectivity index (χ3v) is 1.81. The van der Waals surface area contributed by atoms with E-state index in [1.54, 1.807) is 39.1 Å². The second kappa shape index (κ2) is 4.74. The molecule has 5 nitrogen and oxygen atoms in total. The van der Waals surface area contributed by atoms with E-state index in [-0.39, 0.29) is 11.5 Å². The molecule has 0 aromatic carbocycles. The van der Waals surface area contributed by atoms with Gasteiger partial charge >= 0.3 is 5.97 Å². The van der Waals surface area contributed by atoms with Crippen molar-refractivity contribution in [2.45, 2.75) is 20.8 Å². The summed E-state index contributed by atoms with van der Waals surface area (Å²) < 4.78 is 0. The van der Waals surface area contributed by atoms with E-state index < -0.39 is 11.4 Å². The number of hydrogen-bond acceptors (Lipinski definition) is 4. The molecular weight excluding hydrogens is 208 g/mol. The van der Waals surface area contributed by atoms with E-state index in [4.69, 9.17) is 0 Å². The highest BCUT2D eigenvalue weighted by Crippen LogP contribution is 2.12. The van der Waals surface area contributed by atoms with Crippen molar-refractivity contribution in [3.05, 3.63) is 30.1 Å². The molecule has 1 aromatic rings. The molecule has 0 aliphatic carbocycles. The minimum atomic E-state index is -0.634. The minimum Gasteiger partial charge on any atom is -0.335 e. The van der Waals surface area contributed by atoms with Gasteiger partial charge in [-0.25, -0.2) is 4.79 Å². The molecule has 1 aromatic heterocycles. The Balaban J connectivity index is 2.52. The highest BCUT2D eigenvalue weighted by atomic mass is 16.7. The molecule has 1 amide bonds. The van der Waals surface area contributed by atoms with E-state index in [0.717, 1.165) is 0 Å². The lowest BCUT2D eigenvalue weighted by Crippen LogP contribution is -2.36. The van der Waals surface area contributed by atoms with Crippen molar-refractivity contribution >= 4 is 11.9 Å². The van der Waals surface area contributed by atoms with Crippen LogP contribution in [-0.4, -0.2) is 16.9 Å². The lowest BCUT2D eigenvalue weighted by Gasteiger charge is -2.16. The predicted octanol–water partition coefficient (Wildman–Crippen LogP) is 1.32. The Morgan fingerprint density at radius 3 is 2.56 bits per heavy atom. The Hall–Kier alpha value is -1.91. The Labute approximate surface area is 93.8 Å². The van der Waals surface area contributed by atoms with Gasteiger partial charge in [-0.15, -0.1) is 0 Å². The van der Waals surface area contributed by atoms with E-state index >= 15 is 0 Å². The first-order chi connectivity index (χ1) is 7.41. The maximum Gasteiger partial charge on any atom is 0.364 e. The van der Waals surface area contributed by atoms with Crippen molar-refractivity contribution in [1.29, 1.82) is 0 Å². The number of carbonyl (C=O) groups excluding carboxylic acids is 2. The quantitative estimate of drug-likeness (QED) is 0.727. The van der Waals surface area contributed by atoms with Gasteiger partial charge in [0.2, 0.25) is 0 Å². The van der Waals surface area contributed by atoms with Crippen LogP contribution in [0.2, 0.25) is 0 Å². The fraction of sp³-hybridized carbons (Fsp3) is 0.364. The van der Waals surface area contributed by atoms with Crippen LogP contribution < -0.4 is 5.48 Å². The van der Waals surface area contributed by atoms with Gasteiger partial charge < -0.3 is 4.84 Å². The van der Waals surface area contributed by atoms with E-state index in [0.29, 0.717) is 0 Å². The molecule has 0 unspecified atom stereocenters. The van der Waals surface area contributed by atoms with Gasteiger partial charge in [-0.2, -0.15) is 5.48 Å². The Morgan fingerprint density at radius 1 is 1.38 bits per heavy atom. The zero-order chi connectivity index (χ0) is 12.2. The molecule has 1 N–H and O–H groups in total. The molecule has 1 rings (SSSR count). The number of amides is 1. The highest BCUT2D eigenvalue weighted by molar-refractivity contribution is 5.90. The maximum absolute atomic E-state index is 11.4. The monoisotopic (exact) mass is 222 g/mol. The summed E-state index contributed by atoms with van der Waals surface area (Å²) in [5.41, 5.74) is 1.79. The first-order valence-corrected chi connectivity index (χ1v) is 4.83. The van der Waals surface area contributed by atoms with Crippen LogP contribution in [0.25, 0.3) is 0 Å². The molecule has 16 heavy (non-hydrogen) atoms. The second-order valence-electron chi connectivity index (χ2n) is 4.31. The summed E-state index contributed by atoms with van der Waals surface area (Å²) >= 11 is 0. The summed E-state index contributed by atoms with van der Waals surface area (Å²) in [5.74, 6) is -0.990. The molecule has 86 valence electrons. The van der Waals surface area contributed by atoms with Crippen molar-refractivity contribution in [2.24, 2.45) is 5.41 Å². The Bertz CT molecular complexity index is 382. The van der Waals surface area contributed by atoms with Crippen LogP contribution in [0.1, 0.15) is 31.1 Å². The SMILES string of the molecule is CC(C)(C)C(=O)NOC(=O)c1cccnc1. The molecule has 0 saturated heterocycles. The average Bonchev–Trinajstić information content (AvgIpc) is 2.25. The first-order valence-electron chi connectivity index (χ1n) is 4.83. The van der Waals surface area contributed by atoms with Crippen LogP contribution in [0.15, 0.2) is 24.5 Å². The molecule has 0 radical (unpaired) electrons. The molecule has 0 spiro atoms. The summed E-state index contributed by atoms with van der Waals surface area (Å²) in [7, 11) is 0. The van der Waals surface area contributed by atoms with Gasteiger partial charge in [0.25, 0.3) is 5.91 Å². The number of hydrogen-bond donors (Lipinski definition) is 1. The number of aromatic nitrogens is 1. The van der Waals surface area contributed by atoms with Crippen molar-refractivity contribution in [3.63, 3.8) is 0 Å². The zero-order valence-corrected chi connectivity index (χ0v) is 9.48. The summed E-state index contributed by atoms with van der Waals surface area (Å²) in [4.78, 5) is 31.2. The molecule has 1 heterocycles. The molecular formula is C11H14N2O3. The molecule has 0 aliphatic rings. The highest BCUT2D eigenvalue weighted by Gasteiger charge is 2.22. The summed E-state index contributed by atoms with van der Waals surface area (Å²) in [5, 5.41) is 0. The van der Waals surface area contributed by atoms with E-state index in [1.807, 2.05) is 0 Å². The fourth-order valence-corrected chi connectivity index (χ4v) is 0.788. The average molecular weight is 222 g/mol. The first kappa shape index (κ1) is 12.2. The summed E-state index contributed by atoms with van der Waals surface area (Å²) in [6, 6.07) is 3.17. The number of rotatable bonds is 1. The Kier molecular flexibility index (Phi) is 3.60. The van der Waals surface area contributed by atoms with Crippen LogP contribution in [-0.2, 0) is 9.63 Å². The van der Waals surface area contributed by atoms with E-state index in [9.17, 15) is 9.59 Å². The topological polar surface area (TPSA) is 68.3 Å². The van der Waals surface area contributed by atoms with Gasteiger partial charge in [-0.05, 0) is 12.1 Å². The van der Waals surface area contributed by atoms with Gasteiger partial charge in [0.15, 0.2) is 0 Å². The number of carbonyl (C=O) groups is 2. The van der Waals surface area contributed by atoms with Gasteiger partial charge in [0.1, 0.15) is 0 Å². The third kappa shape index (κ3) is 3.34. The third-order valence-electron chi connectivity index (χ3n) is 1.81. The van der Waals surface area contributed by atoms with Crippen LogP contribution in [0.3, 0.4) is 0 Å². The fourth-order valence-electron chi connectivity index (χ4n) is 0.788. The molecule has 0 aliphatic heterocycles. The van der Waals surface area contributed by atoms with Gasteiger partial charge in [0, 0.05) is 17.8 Å².